The largest absolute Gasteiger partial charge is 0.329 e. The van der Waals surface area contributed by atoms with Crippen LogP contribution in [0.5, 0.6) is 0 Å². The summed E-state index contributed by atoms with van der Waals surface area (Å²) in [5.74, 6) is 0.590. The second-order valence-corrected chi connectivity index (χ2v) is 6.16. The van der Waals surface area contributed by atoms with Crippen molar-refractivity contribution in [3.8, 4) is 0 Å². The Balaban J connectivity index is 2.15. The lowest BCUT2D eigenvalue weighted by Crippen LogP contribution is -2.56. The molecule has 2 N–H and O–H groups in total. The molecule has 1 heterocycles. The lowest BCUT2D eigenvalue weighted by atomic mass is 9.87. The van der Waals surface area contributed by atoms with Crippen LogP contribution < -0.4 is 5.73 Å². The summed E-state index contributed by atoms with van der Waals surface area (Å²) in [4.78, 5) is 2.45. The molecule has 2 atom stereocenters. The number of hydrogen-bond donors (Lipinski definition) is 1. The van der Waals surface area contributed by atoms with Gasteiger partial charge in [0.2, 0.25) is 0 Å². The van der Waals surface area contributed by atoms with Gasteiger partial charge in [0.05, 0.1) is 0 Å². The van der Waals surface area contributed by atoms with Crippen LogP contribution in [-0.4, -0.2) is 30.1 Å². The van der Waals surface area contributed by atoms with Gasteiger partial charge in [-0.2, -0.15) is 0 Å². The van der Waals surface area contributed by atoms with Crippen molar-refractivity contribution in [3.05, 3.63) is 35.6 Å². The molecule has 0 radical (unpaired) electrons. The lowest BCUT2D eigenvalue weighted by Gasteiger charge is -2.45. The smallest absolute Gasteiger partial charge is 0.126 e. The van der Waals surface area contributed by atoms with E-state index in [1.54, 1.807) is 6.07 Å². The molecule has 0 aromatic heterocycles. The zero-order chi connectivity index (χ0) is 13.9. The molecule has 1 aromatic rings. The number of benzene rings is 1. The fraction of sp³-hybridized carbons (Fsp3) is 0.625. The minimum atomic E-state index is -0.142. The SMILES string of the molecule is CC1CCCN(C(C)(CN)Cc2ccccc2F)C1. The monoisotopic (exact) mass is 264 g/mol. The third-order valence-electron chi connectivity index (χ3n) is 4.39. The van der Waals surface area contributed by atoms with Crippen LogP contribution in [0.3, 0.4) is 0 Å². The molecule has 1 aromatic carbocycles. The maximum absolute atomic E-state index is 13.8. The van der Waals surface area contributed by atoms with Gasteiger partial charge in [-0.3, -0.25) is 4.90 Å². The Hall–Kier alpha value is -0.930. The van der Waals surface area contributed by atoms with Gasteiger partial charge in [-0.1, -0.05) is 25.1 Å². The van der Waals surface area contributed by atoms with E-state index in [0.717, 1.165) is 18.7 Å². The molecule has 2 nitrogen and oxygen atoms in total. The molecule has 0 bridgehead atoms. The predicted octanol–water partition coefficient (Wildman–Crippen LogP) is 2.82. The van der Waals surface area contributed by atoms with E-state index in [9.17, 15) is 4.39 Å². The Bertz CT molecular complexity index is 421. The van der Waals surface area contributed by atoms with Crippen molar-refractivity contribution in [2.45, 2.75) is 38.6 Å². The molecule has 106 valence electrons. The standard InChI is InChI=1S/C16H25FN2/c1-13-6-5-9-19(11-13)16(2,12-18)10-14-7-3-4-8-15(14)17/h3-4,7-8,13H,5-6,9-12,18H2,1-2H3. The third-order valence-corrected chi connectivity index (χ3v) is 4.39. The van der Waals surface area contributed by atoms with Crippen molar-refractivity contribution in [2.24, 2.45) is 11.7 Å². The zero-order valence-electron chi connectivity index (χ0n) is 12.0. The molecule has 1 aliphatic rings. The molecule has 1 saturated heterocycles. The minimum absolute atomic E-state index is 0.118. The van der Waals surface area contributed by atoms with E-state index in [2.05, 4.69) is 18.7 Å². The highest BCUT2D eigenvalue weighted by Gasteiger charge is 2.33. The van der Waals surface area contributed by atoms with Crippen LogP contribution in [0.1, 0.15) is 32.3 Å². The molecule has 0 aliphatic carbocycles. The van der Waals surface area contributed by atoms with Gasteiger partial charge in [0.15, 0.2) is 0 Å². The van der Waals surface area contributed by atoms with Crippen LogP contribution in [0, 0.1) is 11.7 Å². The molecule has 0 saturated carbocycles. The maximum atomic E-state index is 13.8. The second kappa shape index (κ2) is 6.02. The van der Waals surface area contributed by atoms with Crippen molar-refractivity contribution < 1.29 is 4.39 Å². The summed E-state index contributed by atoms with van der Waals surface area (Å²) < 4.78 is 13.8. The lowest BCUT2D eigenvalue weighted by molar-refractivity contribution is 0.0636. The fourth-order valence-electron chi connectivity index (χ4n) is 3.04. The van der Waals surface area contributed by atoms with E-state index in [0.29, 0.717) is 18.9 Å². The first-order valence-corrected chi connectivity index (χ1v) is 7.24. The van der Waals surface area contributed by atoms with Crippen molar-refractivity contribution in [2.75, 3.05) is 19.6 Å². The molecule has 1 fully saturated rings. The normalized spacial score (nSPS) is 24.1. The van der Waals surface area contributed by atoms with Crippen molar-refractivity contribution in [1.82, 2.24) is 4.90 Å². The van der Waals surface area contributed by atoms with Crippen LogP contribution in [0.4, 0.5) is 4.39 Å². The van der Waals surface area contributed by atoms with Crippen molar-refractivity contribution in [3.63, 3.8) is 0 Å². The van der Waals surface area contributed by atoms with Crippen molar-refractivity contribution in [1.29, 1.82) is 0 Å². The topological polar surface area (TPSA) is 29.3 Å². The number of rotatable bonds is 4. The van der Waals surface area contributed by atoms with E-state index < -0.39 is 0 Å². The van der Waals surface area contributed by atoms with Crippen LogP contribution in [0.2, 0.25) is 0 Å². The van der Waals surface area contributed by atoms with Crippen molar-refractivity contribution >= 4 is 0 Å². The highest BCUT2D eigenvalue weighted by atomic mass is 19.1. The van der Waals surface area contributed by atoms with Crippen LogP contribution in [-0.2, 0) is 6.42 Å². The summed E-state index contributed by atoms with van der Waals surface area (Å²) in [5.41, 5.74) is 6.65. The van der Waals surface area contributed by atoms with Gasteiger partial charge in [-0.25, -0.2) is 4.39 Å². The number of hydrogen-bond acceptors (Lipinski definition) is 2. The number of halogens is 1. The van der Waals surface area contributed by atoms with Gasteiger partial charge in [-0.15, -0.1) is 0 Å². The van der Waals surface area contributed by atoms with Gasteiger partial charge < -0.3 is 5.73 Å². The quantitative estimate of drug-likeness (QED) is 0.906. The molecule has 3 heteroatoms. The number of likely N-dealkylation sites (tertiary alicyclic amines) is 1. The summed E-state index contributed by atoms with van der Waals surface area (Å²) in [6.07, 6.45) is 3.19. The number of nitrogens with two attached hydrogens (primary N) is 1. The third kappa shape index (κ3) is 3.34. The van der Waals surface area contributed by atoms with Gasteiger partial charge in [0.25, 0.3) is 0 Å². The molecular weight excluding hydrogens is 239 g/mol. The summed E-state index contributed by atoms with van der Waals surface area (Å²) in [5, 5.41) is 0. The van der Waals surface area contributed by atoms with E-state index in [4.69, 9.17) is 5.73 Å². The van der Waals surface area contributed by atoms with Gasteiger partial charge in [0.1, 0.15) is 5.82 Å². The fourth-order valence-corrected chi connectivity index (χ4v) is 3.04. The van der Waals surface area contributed by atoms with Gasteiger partial charge in [0, 0.05) is 18.6 Å². The summed E-state index contributed by atoms with van der Waals surface area (Å²) in [6, 6.07) is 7.04. The average molecular weight is 264 g/mol. The summed E-state index contributed by atoms with van der Waals surface area (Å²) >= 11 is 0. The van der Waals surface area contributed by atoms with Crippen LogP contribution >= 0.6 is 0 Å². The van der Waals surface area contributed by atoms with Gasteiger partial charge in [-0.05, 0) is 50.3 Å². The van der Waals surface area contributed by atoms with E-state index in [-0.39, 0.29) is 11.4 Å². The molecule has 0 spiro atoms. The first-order valence-electron chi connectivity index (χ1n) is 7.24. The van der Waals surface area contributed by atoms with Crippen LogP contribution in [0.25, 0.3) is 0 Å². The average Bonchev–Trinajstić information content (AvgIpc) is 2.41. The van der Waals surface area contributed by atoms with E-state index in [1.165, 1.54) is 18.9 Å². The molecule has 0 amide bonds. The molecule has 1 aliphatic heterocycles. The first-order chi connectivity index (χ1) is 9.05. The Morgan fingerprint density at radius 1 is 1.42 bits per heavy atom. The second-order valence-electron chi connectivity index (χ2n) is 6.16. The maximum Gasteiger partial charge on any atom is 0.126 e. The summed E-state index contributed by atoms with van der Waals surface area (Å²) in [7, 11) is 0. The first kappa shape index (κ1) is 14.5. The highest BCUT2D eigenvalue weighted by molar-refractivity contribution is 5.20. The van der Waals surface area contributed by atoms with Crippen LogP contribution in [0.15, 0.2) is 24.3 Å². The minimum Gasteiger partial charge on any atom is -0.329 e. The van der Waals surface area contributed by atoms with Gasteiger partial charge >= 0.3 is 0 Å². The Morgan fingerprint density at radius 2 is 2.16 bits per heavy atom. The highest BCUT2D eigenvalue weighted by Crippen LogP contribution is 2.27. The molecule has 19 heavy (non-hydrogen) atoms. The summed E-state index contributed by atoms with van der Waals surface area (Å²) in [6.45, 7) is 7.16. The molecule has 2 rings (SSSR count). The Labute approximate surface area is 115 Å². The number of nitrogens with zero attached hydrogens (tertiary/aromatic N) is 1. The molecular formula is C16H25FN2. The van der Waals surface area contributed by atoms with E-state index >= 15 is 0 Å². The zero-order valence-corrected chi connectivity index (χ0v) is 12.0. The van der Waals surface area contributed by atoms with E-state index in [1.807, 2.05) is 12.1 Å². The molecule has 2 unspecified atom stereocenters. The Kier molecular flexibility index (Phi) is 4.58. The number of piperidine rings is 1. The predicted molar refractivity (Wildman–Crippen MR) is 77.5 cm³/mol. The Morgan fingerprint density at radius 3 is 2.79 bits per heavy atom.